The van der Waals surface area contributed by atoms with Crippen LogP contribution in [0.5, 0.6) is 5.75 Å². The van der Waals surface area contributed by atoms with Crippen LogP contribution in [-0.4, -0.2) is 42.2 Å². The number of halogens is 2. The molecule has 45 heavy (non-hydrogen) atoms. The van der Waals surface area contributed by atoms with Crippen molar-refractivity contribution in [3.8, 4) is 5.75 Å². The predicted molar refractivity (Wildman–Crippen MR) is 178 cm³/mol. The van der Waals surface area contributed by atoms with Crippen molar-refractivity contribution in [2.75, 3.05) is 19.8 Å². The van der Waals surface area contributed by atoms with Gasteiger partial charge >= 0.3 is 0 Å². The molecule has 0 spiro atoms. The van der Waals surface area contributed by atoms with Crippen molar-refractivity contribution in [3.05, 3.63) is 139 Å². The summed E-state index contributed by atoms with van der Waals surface area (Å²) in [4.78, 5) is 22.6. The van der Waals surface area contributed by atoms with E-state index in [4.69, 9.17) is 31.2 Å². The topological polar surface area (TPSA) is 129 Å². The van der Waals surface area contributed by atoms with E-state index in [1.54, 1.807) is 24.3 Å². The van der Waals surface area contributed by atoms with Crippen molar-refractivity contribution in [1.29, 1.82) is 0 Å². The summed E-state index contributed by atoms with van der Waals surface area (Å²) in [7, 11) is 0. The van der Waals surface area contributed by atoms with Crippen molar-refractivity contribution in [2.24, 2.45) is 10.1 Å². The average Bonchev–Trinajstić information content (AvgIpc) is 3.43. The Morgan fingerprint density at radius 1 is 1.09 bits per heavy atom. The van der Waals surface area contributed by atoms with Crippen molar-refractivity contribution in [2.45, 2.75) is 30.9 Å². The Labute approximate surface area is 274 Å². The molecule has 4 aromatic rings. The van der Waals surface area contributed by atoms with Crippen LogP contribution in [-0.2, 0) is 22.4 Å². The summed E-state index contributed by atoms with van der Waals surface area (Å²) in [6, 6.07) is 29.5. The SMILES string of the molecule is [N-]=[N+]=Nc1ccccc1C[C@@]1(C(=O)NCCc2cccc(Cl)c2)N=C(c2ccc(OCCCO)cc2)O[C@@H]1c1ccccc1Br. The fraction of sp³-hybridized carbons (Fsp3) is 0.235. The maximum atomic E-state index is 14.5. The molecule has 1 aliphatic heterocycles. The maximum Gasteiger partial charge on any atom is 0.252 e. The van der Waals surface area contributed by atoms with Crippen molar-refractivity contribution >= 4 is 45.0 Å². The van der Waals surface area contributed by atoms with E-state index >= 15 is 0 Å². The lowest BCUT2D eigenvalue weighted by atomic mass is 9.81. The maximum absolute atomic E-state index is 14.5. The van der Waals surface area contributed by atoms with Crippen LogP contribution < -0.4 is 10.1 Å². The zero-order valence-electron chi connectivity index (χ0n) is 24.3. The second-order valence-corrected chi connectivity index (χ2v) is 11.7. The summed E-state index contributed by atoms with van der Waals surface area (Å²) in [5.41, 5.74) is 11.2. The van der Waals surface area contributed by atoms with Gasteiger partial charge in [-0.2, -0.15) is 0 Å². The summed E-state index contributed by atoms with van der Waals surface area (Å²) in [6.07, 6.45) is 0.362. The number of aliphatic hydroxyl groups excluding tert-OH is 1. The smallest absolute Gasteiger partial charge is 0.252 e. The predicted octanol–water partition coefficient (Wildman–Crippen LogP) is 7.66. The molecule has 4 aromatic carbocycles. The Hall–Kier alpha value is -4.34. The highest BCUT2D eigenvalue weighted by molar-refractivity contribution is 9.10. The third-order valence-corrected chi connectivity index (χ3v) is 8.37. The third kappa shape index (κ3) is 7.67. The van der Waals surface area contributed by atoms with E-state index in [1.165, 1.54) is 0 Å². The van der Waals surface area contributed by atoms with E-state index in [1.807, 2.05) is 72.8 Å². The molecule has 0 fully saturated rings. The molecule has 1 heterocycles. The van der Waals surface area contributed by atoms with Gasteiger partial charge in [-0.15, -0.1) is 0 Å². The van der Waals surface area contributed by atoms with Crippen molar-refractivity contribution < 1.29 is 19.4 Å². The number of rotatable bonds is 13. The number of hydrogen-bond donors (Lipinski definition) is 2. The molecular weight excluding hydrogens is 658 g/mol. The average molecular weight is 689 g/mol. The zero-order valence-corrected chi connectivity index (χ0v) is 26.6. The van der Waals surface area contributed by atoms with E-state index in [-0.39, 0.29) is 18.9 Å². The highest BCUT2D eigenvalue weighted by Gasteiger charge is 2.54. The first-order chi connectivity index (χ1) is 21.9. The van der Waals surface area contributed by atoms with E-state index in [0.717, 1.165) is 15.6 Å². The van der Waals surface area contributed by atoms with Crippen LogP contribution in [0.25, 0.3) is 10.4 Å². The lowest BCUT2D eigenvalue weighted by molar-refractivity contribution is -0.128. The first kappa shape index (κ1) is 32.1. The van der Waals surface area contributed by atoms with Gasteiger partial charge in [0, 0.05) is 57.2 Å². The van der Waals surface area contributed by atoms with Gasteiger partial charge in [0.1, 0.15) is 5.75 Å². The second kappa shape index (κ2) is 15.1. The fourth-order valence-corrected chi connectivity index (χ4v) is 5.91. The molecule has 2 atom stereocenters. The van der Waals surface area contributed by atoms with Crippen LogP contribution in [0.15, 0.2) is 112 Å². The molecule has 230 valence electrons. The Morgan fingerprint density at radius 2 is 1.87 bits per heavy atom. The number of benzene rings is 4. The zero-order chi connectivity index (χ0) is 31.6. The highest BCUT2D eigenvalue weighted by Crippen LogP contribution is 2.45. The quantitative estimate of drug-likeness (QED) is 0.0647. The number of aliphatic imine (C=N–C) groups is 1. The minimum Gasteiger partial charge on any atom is -0.494 e. The van der Waals surface area contributed by atoms with Crippen LogP contribution >= 0.6 is 27.5 Å². The number of nitrogens with zero attached hydrogens (tertiary/aromatic N) is 4. The molecule has 0 saturated carbocycles. The number of ether oxygens (including phenoxy) is 2. The first-order valence-corrected chi connectivity index (χ1v) is 15.6. The number of carbonyl (C=O) groups is 1. The molecule has 9 nitrogen and oxygen atoms in total. The molecule has 0 saturated heterocycles. The number of nitrogens with one attached hydrogen (secondary N) is 1. The van der Waals surface area contributed by atoms with Crippen LogP contribution in [0.4, 0.5) is 5.69 Å². The normalized spacial score (nSPS) is 17.1. The molecule has 0 aromatic heterocycles. The minimum atomic E-state index is -1.47. The van der Waals surface area contributed by atoms with E-state index in [9.17, 15) is 10.3 Å². The molecular formula is C34H31BrClN5O4. The number of amides is 1. The number of hydrogen-bond acceptors (Lipinski definition) is 6. The summed E-state index contributed by atoms with van der Waals surface area (Å²) < 4.78 is 13.1. The van der Waals surface area contributed by atoms with Crippen LogP contribution in [0.1, 0.15) is 34.8 Å². The fourth-order valence-electron chi connectivity index (χ4n) is 5.21. The summed E-state index contributed by atoms with van der Waals surface area (Å²) in [5, 5.41) is 16.7. The molecule has 0 unspecified atom stereocenters. The molecule has 0 aliphatic carbocycles. The number of aliphatic hydroxyl groups is 1. The van der Waals surface area contributed by atoms with Gasteiger partial charge in [-0.25, -0.2) is 4.99 Å². The van der Waals surface area contributed by atoms with E-state index in [0.29, 0.717) is 59.5 Å². The Kier molecular flexibility index (Phi) is 10.8. The van der Waals surface area contributed by atoms with Gasteiger partial charge in [-0.3, -0.25) is 4.79 Å². The summed E-state index contributed by atoms with van der Waals surface area (Å²) >= 11 is 9.84. The Balaban J connectivity index is 1.57. The number of carbonyl (C=O) groups excluding carboxylic acids is 1. The third-order valence-electron chi connectivity index (χ3n) is 7.41. The van der Waals surface area contributed by atoms with E-state index in [2.05, 4.69) is 31.3 Å². The molecule has 5 rings (SSSR count). The summed E-state index contributed by atoms with van der Waals surface area (Å²) in [5.74, 6) is 0.602. The molecule has 0 bridgehead atoms. The lowest BCUT2D eigenvalue weighted by Gasteiger charge is -2.31. The monoisotopic (exact) mass is 687 g/mol. The highest BCUT2D eigenvalue weighted by atomic mass is 79.9. The van der Waals surface area contributed by atoms with Gasteiger partial charge in [0.15, 0.2) is 11.6 Å². The Morgan fingerprint density at radius 3 is 2.62 bits per heavy atom. The van der Waals surface area contributed by atoms with Crippen LogP contribution in [0, 0.1) is 0 Å². The van der Waals surface area contributed by atoms with Crippen LogP contribution in [0.2, 0.25) is 5.02 Å². The molecule has 2 N–H and O–H groups in total. The van der Waals surface area contributed by atoms with Crippen molar-refractivity contribution in [1.82, 2.24) is 5.32 Å². The largest absolute Gasteiger partial charge is 0.494 e. The first-order valence-electron chi connectivity index (χ1n) is 14.4. The Bertz CT molecular complexity index is 1730. The molecule has 0 radical (unpaired) electrons. The molecule has 1 amide bonds. The van der Waals surface area contributed by atoms with Gasteiger partial charge in [0.25, 0.3) is 5.91 Å². The van der Waals surface area contributed by atoms with Gasteiger partial charge in [0.05, 0.1) is 6.61 Å². The molecule has 1 aliphatic rings. The lowest BCUT2D eigenvalue weighted by Crippen LogP contribution is -2.50. The van der Waals surface area contributed by atoms with Gasteiger partial charge < -0.3 is 19.9 Å². The summed E-state index contributed by atoms with van der Waals surface area (Å²) in [6.45, 7) is 0.776. The second-order valence-electron chi connectivity index (χ2n) is 10.4. The van der Waals surface area contributed by atoms with Crippen molar-refractivity contribution in [3.63, 3.8) is 0 Å². The van der Waals surface area contributed by atoms with Gasteiger partial charge in [-0.1, -0.05) is 87.2 Å². The minimum absolute atomic E-state index is 0.0468. The van der Waals surface area contributed by atoms with E-state index < -0.39 is 11.6 Å². The standard InChI is InChI=1S/C34H31BrClN5O4/c35-29-11-3-2-10-28(29)31-34(22-25-8-1-4-12-30(25)40-41-37,33(43)38-18-17-23-7-5-9-26(36)21-23)39-32(45-31)24-13-15-27(16-14-24)44-20-6-19-42/h1-5,7-16,21,31,42H,6,17-20,22H2,(H,38,43)/t31-,34-/m1/s1. The van der Waals surface area contributed by atoms with Crippen LogP contribution in [0.3, 0.4) is 0 Å². The van der Waals surface area contributed by atoms with Gasteiger partial charge in [-0.05, 0) is 65.5 Å². The van der Waals surface area contributed by atoms with Gasteiger partial charge in [0.2, 0.25) is 5.90 Å². The molecule has 11 heteroatoms. The number of azide groups is 1.